The molecular weight excluding hydrogens is 388 g/mol. The zero-order valence-electron chi connectivity index (χ0n) is 21.1. The number of hydrogen-bond donors (Lipinski definition) is 0. The molecule has 0 unspecified atom stereocenters. The van der Waals surface area contributed by atoms with Crippen LogP contribution < -0.4 is 0 Å². The third-order valence-corrected chi connectivity index (χ3v) is 6.57. The lowest BCUT2D eigenvalue weighted by Gasteiger charge is -2.05. The highest BCUT2D eigenvalue weighted by Gasteiger charge is 2.01. The van der Waals surface area contributed by atoms with Crippen LogP contribution in [-0.2, 0) is 6.42 Å². The van der Waals surface area contributed by atoms with E-state index in [0.29, 0.717) is 0 Å². The van der Waals surface area contributed by atoms with Crippen molar-refractivity contribution in [1.29, 1.82) is 0 Å². The topological polar surface area (TPSA) is 25.8 Å². The van der Waals surface area contributed by atoms with E-state index in [-0.39, 0.29) is 0 Å². The average Bonchev–Trinajstić information content (AvgIpc) is 2.82. The van der Waals surface area contributed by atoms with Crippen LogP contribution in [0.4, 0.5) is 0 Å². The molecule has 0 aromatic carbocycles. The summed E-state index contributed by atoms with van der Waals surface area (Å²) in [6.07, 6.45) is 29.3. The predicted molar refractivity (Wildman–Crippen MR) is 140 cm³/mol. The SMILES string of the molecule is CCCCCCCCCCCCCCCCCCCc1ccc(-c2ccc(C)cn2)nc1. The van der Waals surface area contributed by atoms with E-state index < -0.39 is 0 Å². The van der Waals surface area contributed by atoms with Crippen LogP contribution >= 0.6 is 0 Å². The van der Waals surface area contributed by atoms with Gasteiger partial charge in [0.2, 0.25) is 0 Å². The van der Waals surface area contributed by atoms with E-state index >= 15 is 0 Å². The molecule has 0 aliphatic carbocycles. The maximum atomic E-state index is 4.61. The summed E-state index contributed by atoms with van der Waals surface area (Å²) in [6.45, 7) is 4.36. The minimum atomic E-state index is 0.958. The lowest BCUT2D eigenvalue weighted by Crippen LogP contribution is -1.91. The number of aromatic nitrogens is 2. The maximum Gasteiger partial charge on any atom is 0.0886 e. The molecule has 2 heteroatoms. The molecule has 0 N–H and O–H groups in total. The van der Waals surface area contributed by atoms with Crippen molar-refractivity contribution in [3.63, 3.8) is 0 Å². The van der Waals surface area contributed by atoms with Crippen molar-refractivity contribution < 1.29 is 0 Å². The van der Waals surface area contributed by atoms with Crippen LogP contribution in [0.3, 0.4) is 0 Å². The van der Waals surface area contributed by atoms with Crippen LogP contribution in [0.25, 0.3) is 11.4 Å². The van der Waals surface area contributed by atoms with Gasteiger partial charge < -0.3 is 0 Å². The van der Waals surface area contributed by atoms with Crippen molar-refractivity contribution in [3.8, 4) is 11.4 Å². The van der Waals surface area contributed by atoms with E-state index in [9.17, 15) is 0 Å². The molecule has 32 heavy (non-hydrogen) atoms. The van der Waals surface area contributed by atoms with Crippen LogP contribution in [0.15, 0.2) is 36.7 Å². The first kappa shape index (κ1) is 26.6. The number of hydrogen-bond acceptors (Lipinski definition) is 2. The van der Waals surface area contributed by atoms with Gasteiger partial charge in [-0.25, -0.2) is 0 Å². The van der Waals surface area contributed by atoms with Gasteiger partial charge in [0.25, 0.3) is 0 Å². The fourth-order valence-corrected chi connectivity index (χ4v) is 4.40. The summed E-state index contributed by atoms with van der Waals surface area (Å²) in [5.74, 6) is 0. The summed E-state index contributed by atoms with van der Waals surface area (Å²) in [7, 11) is 0. The summed E-state index contributed by atoms with van der Waals surface area (Å²) in [6, 6.07) is 8.47. The highest BCUT2D eigenvalue weighted by atomic mass is 14.8. The summed E-state index contributed by atoms with van der Waals surface area (Å²) < 4.78 is 0. The number of aryl methyl sites for hydroxylation is 2. The van der Waals surface area contributed by atoms with Crippen LogP contribution in [0.5, 0.6) is 0 Å². The molecule has 2 nitrogen and oxygen atoms in total. The van der Waals surface area contributed by atoms with E-state index in [1.165, 1.54) is 120 Å². The third kappa shape index (κ3) is 12.4. The van der Waals surface area contributed by atoms with Gasteiger partial charge in [-0.1, -0.05) is 122 Å². The Bertz CT molecular complexity index is 675. The molecule has 2 heterocycles. The standard InChI is InChI=1S/C30H48N2/c1-3-4-5-6-7-8-9-10-11-12-13-14-15-16-17-18-19-20-28-22-24-30(32-26-28)29-23-21-27(2)25-31-29/h21-26H,3-20H2,1-2H3. The second kappa shape index (κ2) is 17.8. The van der Waals surface area contributed by atoms with Crippen molar-refractivity contribution in [2.75, 3.05) is 0 Å². The monoisotopic (exact) mass is 436 g/mol. The van der Waals surface area contributed by atoms with E-state index in [4.69, 9.17) is 0 Å². The number of unbranched alkanes of at least 4 members (excludes halogenated alkanes) is 16. The minimum Gasteiger partial charge on any atom is -0.254 e. The number of rotatable bonds is 19. The fourth-order valence-electron chi connectivity index (χ4n) is 4.40. The molecule has 2 rings (SSSR count). The second-order valence-corrected chi connectivity index (χ2v) is 9.68. The van der Waals surface area contributed by atoms with Gasteiger partial charge in [-0.3, -0.25) is 9.97 Å². The molecule has 0 aliphatic rings. The Morgan fingerprint density at radius 1 is 0.500 bits per heavy atom. The molecule has 178 valence electrons. The molecule has 0 aliphatic heterocycles. The van der Waals surface area contributed by atoms with Crippen molar-refractivity contribution in [3.05, 3.63) is 47.8 Å². The third-order valence-electron chi connectivity index (χ3n) is 6.57. The van der Waals surface area contributed by atoms with E-state index in [2.05, 4.69) is 42.0 Å². The van der Waals surface area contributed by atoms with Gasteiger partial charge in [0, 0.05) is 12.4 Å². The molecule has 0 amide bonds. The van der Waals surface area contributed by atoms with Crippen molar-refractivity contribution in [1.82, 2.24) is 9.97 Å². The molecule has 0 atom stereocenters. The summed E-state index contributed by atoms with van der Waals surface area (Å²) in [5, 5.41) is 0. The average molecular weight is 437 g/mol. The Kier molecular flexibility index (Phi) is 14.8. The fraction of sp³-hybridized carbons (Fsp3) is 0.667. The van der Waals surface area contributed by atoms with Crippen LogP contribution in [0.1, 0.15) is 127 Å². The summed E-state index contributed by atoms with van der Waals surface area (Å²) in [5.41, 5.74) is 4.46. The van der Waals surface area contributed by atoms with Crippen molar-refractivity contribution in [2.24, 2.45) is 0 Å². The molecular formula is C30H48N2. The Labute approximate surface area is 198 Å². The van der Waals surface area contributed by atoms with Gasteiger partial charge in [-0.2, -0.15) is 0 Å². The Morgan fingerprint density at radius 2 is 0.938 bits per heavy atom. The number of pyridine rings is 2. The molecule has 2 aromatic heterocycles. The maximum absolute atomic E-state index is 4.61. The van der Waals surface area contributed by atoms with Gasteiger partial charge in [-0.05, 0) is 43.0 Å². The quantitative estimate of drug-likeness (QED) is 0.205. The van der Waals surface area contributed by atoms with Crippen molar-refractivity contribution >= 4 is 0 Å². The molecule has 0 saturated heterocycles. The molecule has 0 saturated carbocycles. The first-order chi connectivity index (χ1) is 15.8. The zero-order valence-corrected chi connectivity index (χ0v) is 21.1. The highest BCUT2D eigenvalue weighted by Crippen LogP contribution is 2.17. The minimum absolute atomic E-state index is 0.958. The number of nitrogens with zero attached hydrogens (tertiary/aromatic N) is 2. The molecule has 2 aromatic rings. The van der Waals surface area contributed by atoms with E-state index in [1.54, 1.807) is 0 Å². The Hall–Kier alpha value is -1.70. The summed E-state index contributed by atoms with van der Waals surface area (Å²) in [4.78, 5) is 9.08. The van der Waals surface area contributed by atoms with Gasteiger partial charge in [0.1, 0.15) is 0 Å². The molecule has 0 bridgehead atoms. The van der Waals surface area contributed by atoms with Gasteiger partial charge in [0.05, 0.1) is 11.4 Å². The molecule has 0 fully saturated rings. The first-order valence-electron chi connectivity index (χ1n) is 13.7. The smallest absolute Gasteiger partial charge is 0.0886 e. The lowest BCUT2D eigenvalue weighted by molar-refractivity contribution is 0.527. The van der Waals surface area contributed by atoms with E-state index in [0.717, 1.165) is 17.8 Å². The lowest BCUT2D eigenvalue weighted by atomic mass is 10.0. The summed E-state index contributed by atoms with van der Waals surface area (Å²) >= 11 is 0. The van der Waals surface area contributed by atoms with Crippen LogP contribution in [0.2, 0.25) is 0 Å². The predicted octanol–water partition coefficient (Wildman–Crippen LogP) is 9.65. The Morgan fingerprint density at radius 3 is 1.34 bits per heavy atom. The van der Waals surface area contributed by atoms with Gasteiger partial charge in [0.15, 0.2) is 0 Å². The normalized spacial score (nSPS) is 11.2. The Balaban J connectivity index is 1.37. The van der Waals surface area contributed by atoms with E-state index in [1.807, 2.05) is 18.5 Å². The molecule has 0 radical (unpaired) electrons. The largest absolute Gasteiger partial charge is 0.254 e. The van der Waals surface area contributed by atoms with Crippen LogP contribution in [-0.4, -0.2) is 9.97 Å². The molecule has 0 spiro atoms. The van der Waals surface area contributed by atoms with Gasteiger partial charge >= 0.3 is 0 Å². The van der Waals surface area contributed by atoms with Crippen molar-refractivity contribution in [2.45, 2.75) is 129 Å². The first-order valence-corrected chi connectivity index (χ1v) is 13.7. The zero-order chi connectivity index (χ0) is 22.7. The highest BCUT2D eigenvalue weighted by molar-refractivity contribution is 5.53. The van der Waals surface area contributed by atoms with Crippen LogP contribution in [0, 0.1) is 6.92 Å². The second-order valence-electron chi connectivity index (χ2n) is 9.68. The van der Waals surface area contributed by atoms with Gasteiger partial charge in [-0.15, -0.1) is 0 Å².